The maximum atomic E-state index is 10.9. The molecule has 16 heavy (non-hydrogen) atoms. The van der Waals surface area contributed by atoms with Gasteiger partial charge in [0.25, 0.3) is 0 Å². The molecule has 0 saturated carbocycles. The molecule has 2 unspecified atom stereocenters. The average molecular weight is 220 g/mol. The molecule has 1 saturated heterocycles. The van der Waals surface area contributed by atoms with Crippen LogP contribution in [0.1, 0.15) is 23.7 Å². The predicted octanol–water partition coefficient (Wildman–Crippen LogP) is 1.37. The molecule has 0 aromatic heterocycles. The molecule has 3 N–H and O–H groups in total. The van der Waals surface area contributed by atoms with E-state index in [0.717, 1.165) is 18.7 Å². The van der Waals surface area contributed by atoms with Crippen molar-refractivity contribution in [3.63, 3.8) is 0 Å². The average Bonchev–Trinajstić information content (AvgIpc) is 2.65. The van der Waals surface area contributed by atoms with E-state index in [4.69, 9.17) is 10.5 Å². The fourth-order valence-electron chi connectivity index (χ4n) is 1.87. The fraction of sp³-hybridized carbons (Fsp3) is 0.417. The molecule has 4 heteroatoms. The lowest BCUT2D eigenvalue weighted by Crippen LogP contribution is -2.26. The summed E-state index contributed by atoms with van der Waals surface area (Å²) in [5.41, 5.74) is 6.69. The number of anilines is 1. The van der Waals surface area contributed by atoms with Gasteiger partial charge in [-0.3, -0.25) is 4.79 Å². The molecule has 0 radical (unpaired) electrons. The number of rotatable bonds is 3. The highest BCUT2D eigenvalue weighted by Crippen LogP contribution is 2.19. The van der Waals surface area contributed by atoms with Crippen LogP contribution in [0.3, 0.4) is 0 Å². The van der Waals surface area contributed by atoms with Gasteiger partial charge in [0.15, 0.2) is 0 Å². The van der Waals surface area contributed by atoms with Crippen molar-refractivity contribution in [1.82, 2.24) is 0 Å². The van der Waals surface area contributed by atoms with Crippen LogP contribution < -0.4 is 11.1 Å². The van der Waals surface area contributed by atoms with E-state index in [1.165, 1.54) is 0 Å². The van der Waals surface area contributed by atoms with Gasteiger partial charge in [-0.1, -0.05) is 0 Å². The van der Waals surface area contributed by atoms with Gasteiger partial charge in [-0.25, -0.2) is 0 Å². The molecular formula is C12H16N2O2. The van der Waals surface area contributed by atoms with Crippen molar-refractivity contribution in [3.8, 4) is 0 Å². The maximum absolute atomic E-state index is 10.9. The molecule has 2 atom stereocenters. The summed E-state index contributed by atoms with van der Waals surface area (Å²) in [6.45, 7) is 2.86. The number of carbonyl (C=O) groups is 1. The molecule has 0 aliphatic carbocycles. The van der Waals surface area contributed by atoms with Gasteiger partial charge in [-0.05, 0) is 37.6 Å². The summed E-state index contributed by atoms with van der Waals surface area (Å²) in [5, 5.41) is 3.38. The third-order valence-corrected chi connectivity index (χ3v) is 2.90. The van der Waals surface area contributed by atoms with E-state index in [1.807, 2.05) is 12.1 Å². The quantitative estimate of drug-likeness (QED) is 0.808. The molecule has 1 aromatic carbocycles. The molecule has 1 aliphatic rings. The third kappa shape index (κ3) is 2.33. The minimum absolute atomic E-state index is 0.232. The van der Waals surface area contributed by atoms with E-state index in [-0.39, 0.29) is 6.10 Å². The number of primary amides is 1. The smallest absolute Gasteiger partial charge is 0.248 e. The molecule has 1 amide bonds. The normalized spacial score (nSPS) is 24.3. The highest BCUT2D eigenvalue weighted by atomic mass is 16.5. The first kappa shape index (κ1) is 11.0. The van der Waals surface area contributed by atoms with E-state index < -0.39 is 5.91 Å². The Balaban J connectivity index is 2.02. The van der Waals surface area contributed by atoms with Gasteiger partial charge >= 0.3 is 0 Å². The summed E-state index contributed by atoms with van der Waals surface area (Å²) in [6, 6.07) is 7.53. The highest BCUT2D eigenvalue weighted by molar-refractivity contribution is 5.93. The van der Waals surface area contributed by atoms with Gasteiger partial charge in [0.2, 0.25) is 5.91 Å². The van der Waals surface area contributed by atoms with Crippen LogP contribution in [-0.4, -0.2) is 24.7 Å². The van der Waals surface area contributed by atoms with Gasteiger partial charge in [0.1, 0.15) is 0 Å². The zero-order valence-electron chi connectivity index (χ0n) is 9.27. The Hall–Kier alpha value is -1.55. The van der Waals surface area contributed by atoms with Crippen molar-refractivity contribution >= 4 is 11.6 Å². The Morgan fingerprint density at radius 3 is 2.62 bits per heavy atom. The minimum Gasteiger partial charge on any atom is -0.380 e. The van der Waals surface area contributed by atoms with Crippen LogP contribution in [0, 0.1) is 0 Å². The van der Waals surface area contributed by atoms with E-state index >= 15 is 0 Å². The molecule has 2 rings (SSSR count). The van der Waals surface area contributed by atoms with Crippen LogP contribution in [0.4, 0.5) is 5.69 Å². The van der Waals surface area contributed by atoms with E-state index in [9.17, 15) is 4.79 Å². The van der Waals surface area contributed by atoms with Crippen LogP contribution in [0.5, 0.6) is 0 Å². The van der Waals surface area contributed by atoms with Crippen molar-refractivity contribution in [3.05, 3.63) is 29.8 Å². The van der Waals surface area contributed by atoms with Gasteiger partial charge in [0.05, 0.1) is 12.1 Å². The van der Waals surface area contributed by atoms with Crippen molar-refractivity contribution in [2.45, 2.75) is 25.5 Å². The molecule has 86 valence electrons. The first-order valence-corrected chi connectivity index (χ1v) is 5.45. The monoisotopic (exact) mass is 220 g/mol. The van der Waals surface area contributed by atoms with Crippen molar-refractivity contribution in [2.24, 2.45) is 5.73 Å². The number of hydrogen-bond acceptors (Lipinski definition) is 3. The lowest BCUT2D eigenvalue weighted by molar-refractivity contribution is 0.1000. The summed E-state index contributed by atoms with van der Waals surface area (Å²) in [7, 11) is 0. The minimum atomic E-state index is -0.399. The van der Waals surface area contributed by atoms with Crippen molar-refractivity contribution in [1.29, 1.82) is 0 Å². The molecular weight excluding hydrogens is 204 g/mol. The van der Waals surface area contributed by atoms with Crippen molar-refractivity contribution < 1.29 is 9.53 Å². The van der Waals surface area contributed by atoms with Crippen LogP contribution in [-0.2, 0) is 4.74 Å². The Kier molecular flexibility index (Phi) is 3.10. The van der Waals surface area contributed by atoms with Gasteiger partial charge < -0.3 is 15.8 Å². The molecule has 1 fully saturated rings. The number of hydrogen-bond donors (Lipinski definition) is 2. The lowest BCUT2D eigenvalue weighted by Gasteiger charge is -2.17. The van der Waals surface area contributed by atoms with Crippen LogP contribution in [0.15, 0.2) is 24.3 Å². The zero-order valence-corrected chi connectivity index (χ0v) is 9.27. The van der Waals surface area contributed by atoms with Crippen LogP contribution >= 0.6 is 0 Å². The number of carbonyl (C=O) groups excluding carboxylic acids is 1. The predicted molar refractivity (Wildman–Crippen MR) is 62.4 cm³/mol. The van der Waals surface area contributed by atoms with Gasteiger partial charge in [-0.15, -0.1) is 0 Å². The van der Waals surface area contributed by atoms with Crippen molar-refractivity contribution in [2.75, 3.05) is 11.9 Å². The second-order valence-corrected chi connectivity index (χ2v) is 4.06. The first-order chi connectivity index (χ1) is 7.66. The molecule has 1 aromatic rings. The number of benzene rings is 1. The van der Waals surface area contributed by atoms with E-state index in [2.05, 4.69) is 12.2 Å². The Labute approximate surface area is 94.8 Å². The highest BCUT2D eigenvalue weighted by Gasteiger charge is 2.23. The Morgan fingerprint density at radius 2 is 2.12 bits per heavy atom. The second kappa shape index (κ2) is 4.53. The first-order valence-electron chi connectivity index (χ1n) is 5.45. The van der Waals surface area contributed by atoms with E-state index in [0.29, 0.717) is 11.6 Å². The molecule has 0 bridgehead atoms. The number of amides is 1. The largest absolute Gasteiger partial charge is 0.380 e. The summed E-state index contributed by atoms with van der Waals surface area (Å²) < 4.78 is 5.46. The maximum Gasteiger partial charge on any atom is 0.248 e. The molecule has 1 heterocycles. The zero-order chi connectivity index (χ0) is 11.5. The molecule has 1 aliphatic heterocycles. The fourth-order valence-corrected chi connectivity index (χ4v) is 1.87. The SMILES string of the molecule is CC1OCCC1Nc1ccc(C(N)=O)cc1. The van der Waals surface area contributed by atoms with Crippen LogP contribution in [0.2, 0.25) is 0 Å². The van der Waals surface area contributed by atoms with E-state index in [1.54, 1.807) is 12.1 Å². The summed E-state index contributed by atoms with van der Waals surface area (Å²) in [6.07, 6.45) is 1.24. The van der Waals surface area contributed by atoms with Gasteiger partial charge in [0, 0.05) is 17.9 Å². The summed E-state index contributed by atoms with van der Waals surface area (Å²) in [4.78, 5) is 10.9. The van der Waals surface area contributed by atoms with Gasteiger partial charge in [-0.2, -0.15) is 0 Å². The standard InChI is InChI=1S/C12H16N2O2/c1-8-11(6-7-16-8)14-10-4-2-9(3-5-10)12(13)15/h2-5,8,11,14H,6-7H2,1H3,(H2,13,15). The number of nitrogens with one attached hydrogen (secondary N) is 1. The summed E-state index contributed by atoms with van der Waals surface area (Å²) in [5.74, 6) is -0.399. The topological polar surface area (TPSA) is 64.3 Å². The number of nitrogens with two attached hydrogens (primary N) is 1. The van der Waals surface area contributed by atoms with Crippen LogP contribution in [0.25, 0.3) is 0 Å². The lowest BCUT2D eigenvalue weighted by atomic mass is 10.1. The summed E-state index contributed by atoms with van der Waals surface area (Å²) >= 11 is 0. The Morgan fingerprint density at radius 1 is 1.44 bits per heavy atom. The molecule has 0 spiro atoms. The molecule has 4 nitrogen and oxygen atoms in total. The third-order valence-electron chi connectivity index (χ3n) is 2.90. The second-order valence-electron chi connectivity index (χ2n) is 4.06. The number of ether oxygens (including phenoxy) is 1. The Bertz CT molecular complexity index is 375.